The number of rotatable bonds is 2. The molecule has 1 aromatic rings. The van der Waals surface area contributed by atoms with Crippen molar-refractivity contribution < 1.29 is 4.79 Å². The topological polar surface area (TPSA) is 41.1 Å². The van der Waals surface area contributed by atoms with Gasteiger partial charge in [0.15, 0.2) is 5.11 Å². The smallest absolute Gasteiger partial charge is 0.228 e. The second-order valence-electron chi connectivity index (χ2n) is 4.40. The lowest BCUT2D eigenvalue weighted by atomic mass is 10.1. The number of thiocarbonyl (C=S) groups is 1. The van der Waals surface area contributed by atoms with E-state index in [9.17, 15) is 4.79 Å². The molecule has 92 valence electrons. The van der Waals surface area contributed by atoms with Crippen LogP contribution >= 0.6 is 12.2 Å². The lowest BCUT2D eigenvalue weighted by molar-refractivity contribution is -0.122. The standard InChI is InChI=1S/C13H18N2OS/c1-8(2)12(16)15-13(17)14-11-6-5-9(3)10(4)7-11/h5-8H,1-4H3,(H2,14,15,16,17). The Bertz CT molecular complexity index is 441. The highest BCUT2D eigenvalue weighted by Crippen LogP contribution is 2.13. The first-order valence-electron chi connectivity index (χ1n) is 5.59. The van der Waals surface area contributed by atoms with Crippen LogP contribution in [0.3, 0.4) is 0 Å². The van der Waals surface area contributed by atoms with Crippen LogP contribution < -0.4 is 10.6 Å². The van der Waals surface area contributed by atoms with Gasteiger partial charge in [0.1, 0.15) is 0 Å². The molecule has 17 heavy (non-hydrogen) atoms. The molecular formula is C13H18N2OS. The number of nitrogens with one attached hydrogen (secondary N) is 2. The molecule has 0 atom stereocenters. The Morgan fingerprint density at radius 3 is 2.41 bits per heavy atom. The molecule has 0 saturated heterocycles. The van der Waals surface area contributed by atoms with Gasteiger partial charge in [0, 0.05) is 11.6 Å². The van der Waals surface area contributed by atoms with Crippen LogP contribution in [0.15, 0.2) is 18.2 Å². The first-order valence-corrected chi connectivity index (χ1v) is 6.00. The van der Waals surface area contributed by atoms with Crippen molar-refractivity contribution in [3.05, 3.63) is 29.3 Å². The zero-order chi connectivity index (χ0) is 13.0. The molecule has 0 bridgehead atoms. The summed E-state index contributed by atoms with van der Waals surface area (Å²) >= 11 is 5.06. The average Bonchev–Trinajstić information content (AvgIpc) is 2.23. The maximum absolute atomic E-state index is 11.4. The molecule has 0 saturated carbocycles. The Morgan fingerprint density at radius 2 is 1.88 bits per heavy atom. The van der Waals surface area contributed by atoms with Gasteiger partial charge in [0.25, 0.3) is 0 Å². The zero-order valence-corrected chi connectivity index (χ0v) is 11.4. The summed E-state index contributed by atoms with van der Waals surface area (Å²) in [6.07, 6.45) is 0. The Kier molecular flexibility index (Phi) is 4.63. The molecule has 0 aromatic heterocycles. The summed E-state index contributed by atoms with van der Waals surface area (Å²) in [5.41, 5.74) is 3.31. The SMILES string of the molecule is Cc1ccc(NC(=S)NC(=O)C(C)C)cc1C. The molecule has 0 fully saturated rings. The predicted octanol–water partition coefficient (Wildman–Crippen LogP) is 2.77. The molecule has 0 heterocycles. The van der Waals surface area contributed by atoms with Gasteiger partial charge in [0.2, 0.25) is 5.91 Å². The van der Waals surface area contributed by atoms with E-state index in [0.717, 1.165) is 5.69 Å². The summed E-state index contributed by atoms with van der Waals surface area (Å²) in [5.74, 6) is -0.152. The zero-order valence-electron chi connectivity index (χ0n) is 10.6. The van der Waals surface area contributed by atoms with Gasteiger partial charge in [-0.15, -0.1) is 0 Å². The van der Waals surface area contributed by atoms with Crippen molar-refractivity contribution in [3.63, 3.8) is 0 Å². The number of anilines is 1. The van der Waals surface area contributed by atoms with E-state index >= 15 is 0 Å². The Hall–Kier alpha value is -1.42. The van der Waals surface area contributed by atoms with Crippen molar-refractivity contribution >= 4 is 28.9 Å². The Labute approximate surface area is 108 Å². The first kappa shape index (κ1) is 13.6. The minimum atomic E-state index is -0.0775. The van der Waals surface area contributed by atoms with Gasteiger partial charge in [-0.2, -0.15) is 0 Å². The van der Waals surface area contributed by atoms with E-state index in [1.807, 2.05) is 39.0 Å². The first-order chi connectivity index (χ1) is 7.90. The minimum absolute atomic E-state index is 0.0745. The van der Waals surface area contributed by atoms with Gasteiger partial charge in [-0.1, -0.05) is 19.9 Å². The second-order valence-corrected chi connectivity index (χ2v) is 4.81. The minimum Gasteiger partial charge on any atom is -0.332 e. The summed E-state index contributed by atoms with van der Waals surface area (Å²) in [6.45, 7) is 7.75. The van der Waals surface area contributed by atoms with Crippen LogP contribution in [0.25, 0.3) is 0 Å². The molecule has 1 amide bonds. The summed E-state index contributed by atoms with van der Waals surface area (Å²) in [7, 11) is 0. The maximum Gasteiger partial charge on any atom is 0.228 e. The van der Waals surface area contributed by atoms with E-state index in [4.69, 9.17) is 12.2 Å². The fraction of sp³-hybridized carbons (Fsp3) is 0.385. The number of hydrogen-bond acceptors (Lipinski definition) is 2. The van der Waals surface area contributed by atoms with E-state index in [0.29, 0.717) is 5.11 Å². The fourth-order valence-corrected chi connectivity index (χ4v) is 1.46. The normalized spacial score (nSPS) is 10.2. The average molecular weight is 250 g/mol. The summed E-state index contributed by atoms with van der Waals surface area (Å²) in [4.78, 5) is 11.4. The highest BCUT2D eigenvalue weighted by molar-refractivity contribution is 7.80. The number of amides is 1. The molecular weight excluding hydrogens is 232 g/mol. The van der Waals surface area contributed by atoms with Crippen molar-refractivity contribution in [1.82, 2.24) is 5.32 Å². The lowest BCUT2D eigenvalue weighted by Crippen LogP contribution is -2.36. The van der Waals surface area contributed by atoms with Crippen molar-refractivity contribution in [1.29, 1.82) is 0 Å². The van der Waals surface area contributed by atoms with Crippen LogP contribution in [0.2, 0.25) is 0 Å². The quantitative estimate of drug-likeness (QED) is 0.793. The lowest BCUT2D eigenvalue weighted by Gasteiger charge is -2.12. The van der Waals surface area contributed by atoms with E-state index < -0.39 is 0 Å². The van der Waals surface area contributed by atoms with Crippen molar-refractivity contribution in [2.45, 2.75) is 27.7 Å². The summed E-state index contributed by atoms with van der Waals surface area (Å²) in [5, 5.41) is 5.98. The van der Waals surface area contributed by atoms with Gasteiger partial charge < -0.3 is 10.6 Å². The maximum atomic E-state index is 11.4. The molecule has 0 aliphatic carbocycles. The number of carbonyl (C=O) groups excluding carboxylic acids is 1. The third-order valence-electron chi connectivity index (χ3n) is 2.53. The van der Waals surface area contributed by atoms with Crippen LogP contribution in [-0.2, 0) is 4.79 Å². The molecule has 0 aliphatic rings. The van der Waals surface area contributed by atoms with Gasteiger partial charge in [-0.05, 0) is 49.3 Å². The van der Waals surface area contributed by atoms with E-state index in [-0.39, 0.29) is 11.8 Å². The van der Waals surface area contributed by atoms with Crippen LogP contribution in [0.4, 0.5) is 5.69 Å². The molecule has 1 rings (SSSR count). The third kappa shape index (κ3) is 4.15. The number of hydrogen-bond donors (Lipinski definition) is 2. The van der Waals surface area contributed by atoms with Crippen LogP contribution in [-0.4, -0.2) is 11.0 Å². The predicted molar refractivity (Wildman–Crippen MR) is 75.1 cm³/mol. The summed E-state index contributed by atoms with van der Waals surface area (Å²) in [6, 6.07) is 5.96. The number of benzene rings is 1. The van der Waals surface area contributed by atoms with Gasteiger partial charge >= 0.3 is 0 Å². The van der Waals surface area contributed by atoms with E-state index in [2.05, 4.69) is 17.6 Å². The molecule has 0 spiro atoms. The largest absolute Gasteiger partial charge is 0.332 e. The van der Waals surface area contributed by atoms with Crippen molar-refractivity contribution in [2.75, 3.05) is 5.32 Å². The highest BCUT2D eigenvalue weighted by Gasteiger charge is 2.08. The Morgan fingerprint density at radius 1 is 1.24 bits per heavy atom. The third-order valence-corrected chi connectivity index (χ3v) is 2.73. The van der Waals surface area contributed by atoms with Gasteiger partial charge in [-0.3, -0.25) is 4.79 Å². The fourth-order valence-electron chi connectivity index (χ4n) is 1.24. The molecule has 1 aromatic carbocycles. The number of aryl methyl sites for hydroxylation is 2. The van der Waals surface area contributed by atoms with Crippen molar-refractivity contribution in [3.8, 4) is 0 Å². The second kappa shape index (κ2) is 5.77. The van der Waals surface area contributed by atoms with Crippen LogP contribution in [0.1, 0.15) is 25.0 Å². The highest BCUT2D eigenvalue weighted by atomic mass is 32.1. The van der Waals surface area contributed by atoms with Crippen LogP contribution in [0, 0.1) is 19.8 Å². The van der Waals surface area contributed by atoms with Crippen molar-refractivity contribution in [2.24, 2.45) is 5.92 Å². The van der Waals surface area contributed by atoms with Gasteiger partial charge in [0.05, 0.1) is 0 Å². The van der Waals surface area contributed by atoms with E-state index in [1.54, 1.807) is 0 Å². The molecule has 0 unspecified atom stereocenters. The van der Waals surface area contributed by atoms with Crippen LogP contribution in [0.5, 0.6) is 0 Å². The molecule has 4 heteroatoms. The van der Waals surface area contributed by atoms with Gasteiger partial charge in [-0.25, -0.2) is 0 Å². The molecule has 2 N–H and O–H groups in total. The number of carbonyl (C=O) groups is 1. The Balaban J connectivity index is 2.62. The van der Waals surface area contributed by atoms with E-state index in [1.165, 1.54) is 11.1 Å². The molecule has 0 radical (unpaired) electrons. The summed E-state index contributed by atoms with van der Waals surface area (Å²) < 4.78 is 0. The molecule has 3 nitrogen and oxygen atoms in total. The molecule has 0 aliphatic heterocycles. The monoisotopic (exact) mass is 250 g/mol.